The fourth-order valence-electron chi connectivity index (χ4n) is 1.93. The third-order valence-electron chi connectivity index (χ3n) is 2.56. The summed E-state index contributed by atoms with van der Waals surface area (Å²) in [5, 5.41) is 0. The van der Waals surface area contributed by atoms with Crippen molar-refractivity contribution in [3.8, 4) is 0 Å². The van der Waals surface area contributed by atoms with Crippen LogP contribution in [-0.4, -0.2) is 31.7 Å². The van der Waals surface area contributed by atoms with Crippen LogP contribution in [0.2, 0.25) is 0 Å². The number of halogens is 2. The number of rotatable bonds is 7. The van der Waals surface area contributed by atoms with Gasteiger partial charge in [-0.05, 0) is 29.7 Å². The summed E-state index contributed by atoms with van der Waals surface area (Å²) in [6, 6.07) is 5.03. The molecule has 0 radical (unpaired) electrons. The Morgan fingerprint density at radius 3 is 2.61 bits per heavy atom. The summed E-state index contributed by atoms with van der Waals surface area (Å²) in [4.78, 5) is 2.29. The average molecular weight is 318 g/mol. The van der Waals surface area contributed by atoms with Gasteiger partial charge in [-0.3, -0.25) is 4.90 Å². The maximum atomic E-state index is 13.3. The van der Waals surface area contributed by atoms with E-state index in [0.717, 1.165) is 29.7 Å². The van der Waals surface area contributed by atoms with Crippen molar-refractivity contribution in [2.45, 2.75) is 20.4 Å². The quantitative estimate of drug-likeness (QED) is 0.760. The molecule has 0 aliphatic rings. The number of benzene rings is 1. The maximum Gasteiger partial charge on any atom is 0.124 e. The van der Waals surface area contributed by atoms with Crippen molar-refractivity contribution < 1.29 is 9.13 Å². The minimum absolute atomic E-state index is 0.199. The largest absolute Gasteiger partial charge is 0.383 e. The van der Waals surface area contributed by atoms with Gasteiger partial charge in [0.2, 0.25) is 0 Å². The predicted molar refractivity (Wildman–Crippen MR) is 76.1 cm³/mol. The Bertz CT molecular complexity index is 351. The zero-order valence-electron chi connectivity index (χ0n) is 11.2. The first kappa shape index (κ1) is 15.6. The summed E-state index contributed by atoms with van der Waals surface area (Å²) in [7, 11) is 1.70. The molecule has 0 aliphatic carbocycles. The summed E-state index contributed by atoms with van der Waals surface area (Å²) in [6.45, 7) is 7.66. The molecule has 4 heteroatoms. The molecule has 102 valence electrons. The maximum absolute atomic E-state index is 13.3. The van der Waals surface area contributed by atoms with Gasteiger partial charge in [-0.15, -0.1) is 0 Å². The van der Waals surface area contributed by atoms with Gasteiger partial charge >= 0.3 is 0 Å². The van der Waals surface area contributed by atoms with Crippen molar-refractivity contribution in [2.24, 2.45) is 5.92 Å². The summed E-state index contributed by atoms with van der Waals surface area (Å²) < 4.78 is 19.2. The van der Waals surface area contributed by atoms with E-state index in [1.807, 2.05) is 6.07 Å². The molecule has 1 aromatic rings. The highest BCUT2D eigenvalue weighted by Crippen LogP contribution is 2.16. The van der Waals surface area contributed by atoms with Crippen LogP contribution in [-0.2, 0) is 11.3 Å². The Morgan fingerprint density at radius 2 is 2.06 bits per heavy atom. The number of hydrogen-bond donors (Lipinski definition) is 0. The van der Waals surface area contributed by atoms with Crippen molar-refractivity contribution in [2.75, 3.05) is 26.8 Å². The molecule has 2 nitrogen and oxygen atoms in total. The Balaban J connectivity index is 2.68. The molecule has 0 unspecified atom stereocenters. The second kappa shape index (κ2) is 7.87. The van der Waals surface area contributed by atoms with Crippen LogP contribution in [0.15, 0.2) is 22.7 Å². The third kappa shape index (κ3) is 5.94. The molecule has 0 heterocycles. The van der Waals surface area contributed by atoms with E-state index < -0.39 is 0 Å². The van der Waals surface area contributed by atoms with E-state index >= 15 is 0 Å². The van der Waals surface area contributed by atoms with Crippen molar-refractivity contribution in [3.63, 3.8) is 0 Å². The normalized spacial score (nSPS) is 11.5. The second-order valence-corrected chi connectivity index (χ2v) is 5.82. The van der Waals surface area contributed by atoms with Crippen molar-refractivity contribution in [3.05, 3.63) is 34.1 Å². The highest BCUT2D eigenvalue weighted by Gasteiger charge is 2.09. The summed E-state index contributed by atoms with van der Waals surface area (Å²) in [5.74, 6) is 0.384. The van der Waals surface area contributed by atoms with Gasteiger partial charge in [-0.2, -0.15) is 0 Å². The average Bonchev–Trinajstić information content (AvgIpc) is 2.23. The van der Waals surface area contributed by atoms with Crippen LogP contribution < -0.4 is 0 Å². The Morgan fingerprint density at radius 1 is 1.33 bits per heavy atom. The Hall–Kier alpha value is -0.450. The van der Waals surface area contributed by atoms with Gasteiger partial charge < -0.3 is 4.74 Å². The Labute approximate surface area is 117 Å². The third-order valence-corrected chi connectivity index (χ3v) is 3.02. The van der Waals surface area contributed by atoms with E-state index in [1.165, 1.54) is 6.07 Å². The van der Waals surface area contributed by atoms with E-state index in [-0.39, 0.29) is 5.82 Å². The standard InChI is InChI=1S/C14H21BrFNO/c1-11(2)9-17(4-5-18-3)10-12-6-13(15)8-14(16)7-12/h6-8,11H,4-5,9-10H2,1-3H3. The van der Waals surface area contributed by atoms with E-state index in [9.17, 15) is 4.39 Å². The topological polar surface area (TPSA) is 12.5 Å². The minimum atomic E-state index is -0.199. The van der Waals surface area contributed by atoms with E-state index in [0.29, 0.717) is 12.5 Å². The first-order valence-corrected chi connectivity index (χ1v) is 6.97. The summed E-state index contributed by atoms with van der Waals surface area (Å²) in [5.41, 5.74) is 0.985. The van der Waals surface area contributed by atoms with Crippen molar-refractivity contribution >= 4 is 15.9 Å². The number of nitrogens with zero attached hydrogens (tertiary/aromatic N) is 1. The highest BCUT2D eigenvalue weighted by atomic mass is 79.9. The lowest BCUT2D eigenvalue weighted by Crippen LogP contribution is -2.30. The minimum Gasteiger partial charge on any atom is -0.383 e. The van der Waals surface area contributed by atoms with E-state index in [2.05, 4.69) is 34.7 Å². The number of hydrogen-bond acceptors (Lipinski definition) is 2. The van der Waals surface area contributed by atoms with Crippen molar-refractivity contribution in [1.29, 1.82) is 0 Å². The SMILES string of the molecule is COCCN(Cc1cc(F)cc(Br)c1)CC(C)C. The van der Waals surface area contributed by atoms with Gasteiger partial charge in [-0.1, -0.05) is 29.8 Å². The molecular weight excluding hydrogens is 297 g/mol. The van der Waals surface area contributed by atoms with Gasteiger partial charge in [0, 0.05) is 31.2 Å². The monoisotopic (exact) mass is 317 g/mol. The lowest BCUT2D eigenvalue weighted by molar-refractivity contribution is 0.136. The van der Waals surface area contributed by atoms with Gasteiger partial charge in [0.25, 0.3) is 0 Å². The first-order chi connectivity index (χ1) is 8.51. The van der Waals surface area contributed by atoms with Crippen molar-refractivity contribution in [1.82, 2.24) is 4.90 Å². The molecule has 0 amide bonds. The van der Waals surface area contributed by atoms with Crippen LogP contribution >= 0.6 is 15.9 Å². The second-order valence-electron chi connectivity index (χ2n) is 4.90. The molecule has 0 N–H and O–H groups in total. The van der Waals surface area contributed by atoms with Gasteiger partial charge in [0.05, 0.1) is 6.61 Å². The molecule has 0 saturated carbocycles. The molecule has 0 aliphatic heterocycles. The highest BCUT2D eigenvalue weighted by molar-refractivity contribution is 9.10. The van der Waals surface area contributed by atoms with Gasteiger partial charge in [0.15, 0.2) is 0 Å². The molecule has 0 atom stereocenters. The van der Waals surface area contributed by atoms with Crippen LogP contribution in [0.3, 0.4) is 0 Å². The molecule has 0 saturated heterocycles. The van der Waals surface area contributed by atoms with Gasteiger partial charge in [0.1, 0.15) is 5.82 Å². The van der Waals surface area contributed by atoms with Crippen LogP contribution in [0.5, 0.6) is 0 Å². The first-order valence-electron chi connectivity index (χ1n) is 6.17. The van der Waals surface area contributed by atoms with Gasteiger partial charge in [-0.25, -0.2) is 4.39 Å². The van der Waals surface area contributed by atoms with E-state index in [1.54, 1.807) is 13.2 Å². The number of methoxy groups -OCH3 is 1. The van der Waals surface area contributed by atoms with E-state index in [4.69, 9.17) is 4.74 Å². The lowest BCUT2D eigenvalue weighted by Gasteiger charge is -2.24. The molecule has 18 heavy (non-hydrogen) atoms. The molecule has 0 bridgehead atoms. The van der Waals surface area contributed by atoms with Crippen LogP contribution in [0, 0.1) is 11.7 Å². The smallest absolute Gasteiger partial charge is 0.124 e. The van der Waals surface area contributed by atoms with Crippen LogP contribution in [0.25, 0.3) is 0 Å². The lowest BCUT2D eigenvalue weighted by atomic mass is 10.1. The zero-order valence-corrected chi connectivity index (χ0v) is 12.8. The summed E-state index contributed by atoms with van der Waals surface area (Å²) in [6.07, 6.45) is 0. The summed E-state index contributed by atoms with van der Waals surface area (Å²) >= 11 is 3.32. The molecule has 1 aromatic carbocycles. The molecule has 0 fully saturated rings. The molecule has 0 spiro atoms. The fraction of sp³-hybridized carbons (Fsp3) is 0.571. The molecule has 0 aromatic heterocycles. The number of ether oxygens (including phenoxy) is 1. The zero-order chi connectivity index (χ0) is 13.5. The van der Waals surface area contributed by atoms with Crippen LogP contribution in [0.4, 0.5) is 4.39 Å². The Kier molecular flexibility index (Phi) is 6.82. The van der Waals surface area contributed by atoms with Crippen LogP contribution in [0.1, 0.15) is 19.4 Å². The predicted octanol–water partition coefficient (Wildman–Crippen LogP) is 3.69. The molecular formula is C14H21BrFNO. The fourth-order valence-corrected chi connectivity index (χ4v) is 2.44. The molecule has 1 rings (SSSR count).